The summed E-state index contributed by atoms with van der Waals surface area (Å²) >= 11 is 0. The normalized spacial score (nSPS) is 10.6. The average molecular weight is 252 g/mol. The second-order valence-corrected chi connectivity index (χ2v) is 4.43. The van der Waals surface area contributed by atoms with Gasteiger partial charge in [0.25, 0.3) is 0 Å². The Hall–Kier alpha value is -2.42. The Balaban J connectivity index is 2.06. The molecule has 0 radical (unpaired) electrons. The van der Waals surface area contributed by atoms with Crippen LogP contribution in [0.2, 0.25) is 0 Å². The predicted octanol–water partition coefficient (Wildman–Crippen LogP) is 3.35. The monoisotopic (exact) mass is 252 g/mol. The number of carbonyl (C=O) groups excluding carboxylic acids is 1. The molecule has 0 fully saturated rings. The largest absolute Gasteiger partial charge is 0.322 e. The molecule has 2 aromatic rings. The first kappa shape index (κ1) is 13.0. The predicted molar refractivity (Wildman–Crippen MR) is 77.8 cm³/mol. The molecule has 0 aliphatic rings. The van der Waals surface area contributed by atoms with E-state index >= 15 is 0 Å². The quantitative estimate of drug-likeness (QED) is 0.851. The Kier molecular flexibility index (Phi) is 4.08. The summed E-state index contributed by atoms with van der Waals surface area (Å²) in [6.45, 7) is 3.97. The first-order valence-electron chi connectivity index (χ1n) is 6.11. The van der Waals surface area contributed by atoms with Gasteiger partial charge in [-0.2, -0.15) is 0 Å². The van der Waals surface area contributed by atoms with Crippen molar-refractivity contribution in [1.82, 2.24) is 4.98 Å². The Morgan fingerprint density at radius 1 is 1.26 bits per heavy atom. The molecule has 1 N–H and O–H groups in total. The van der Waals surface area contributed by atoms with E-state index in [1.165, 1.54) is 6.08 Å². The van der Waals surface area contributed by atoms with E-state index in [-0.39, 0.29) is 5.91 Å². The number of hydrogen-bond acceptors (Lipinski definition) is 2. The van der Waals surface area contributed by atoms with Crippen molar-refractivity contribution >= 4 is 17.7 Å². The number of nitrogens with one attached hydrogen (secondary N) is 1. The van der Waals surface area contributed by atoms with Gasteiger partial charge in [-0.3, -0.25) is 9.78 Å². The summed E-state index contributed by atoms with van der Waals surface area (Å²) in [4.78, 5) is 15.8. The van der Waals surface area contributed by atoms with Gasteiger partial charge in [-0.05, 0) is 48.7 Å². The van der Waals surface area contributed by atoms with Crippen molar-refractivity contribution < 1.29 is 4.79 Å². The van der Waals surface area contributed by atoms with Crippen LogP contribution in [0.5, 0.6) is 0 Å². The topological polar surface area (TPSA) is 42.0 Å². The van der Waals surface area contributed by atoms with E-state index in [4.69, 9.17) is 0 Å². The van der Waals surface area contributed by atoms with Crippen LogP contribution in [-0.4, -0.2) is 10.9 Å². The summed E-state index contributed by atoms with van der Waals surface area (Å²) in [5, 5.41) is 2.88. The highest BCUT2D eigenvalue weighted by Gasteiger charge is 2.01. The van der Waals surface area contributed by atoms with E-state index in [1.54, 1.807) is 18.5 Å². The summed E-state index contributed by atoms with van der Waals surface area (Å²) in [6, 6.07) is 9.72. The number of amides is 1. The van der Waals surface area contributed by atoms with E-state index in [2.05, 4.69) is 10.3 Å². The van der Waals surface area contributed by atoms with Crippen molar-refractivity contribution in [2.45, 2.75) is 13.8 Å². The number of carbonyl (C=O) groups is 1. The van der Waals surface area contributed by atoms with Gasteiger partial charge in [-0.25, -0.2) is 0 Å². The first-order chi connectivity index (χ1) is 9.15. The summed E-state index contributed by atoms with van der Waals surface area (Å²) in [7, 11) is 0. The van der Waals surface area contributed by atoms with E-state index in [0.29, 0.717) is 0 Å². The SMILES string of the molecule is Cc1ccc(C)c(NC(=O)/C=C/c2cccnc2)c1. The fourth-order valence-corrected chi connectivity index (χ4v) is 1.69. The lowest BCUT2D eigenvalue weighted by Crippen LogP contribution is -2.09. The molecule has 0 saturated carbocycles. The molecule has 1 heterocycles. The molecule has 0 aliphatic carbocycles. The Labute approximate surface area is 113 Å². The highest BCUT2D eigenvalue weighted by atomic mass is 16.1. The van der Waals surface area contributed by atoms with E-state index < -0.39 is 0 Å². The Morgan fingerprint density at radius 2 is 2.11 bits per heavy atom. The molecule has 0 unspecified atom stereocenters. The summed E-state index contributed by atoms with van der Waals surface area (Å²) in [6.07, 6.45) is 6.67. The zero-order valence-corrected chi connectivity index (χ0v) is 11.1. The molecule has 1 amide bonds. The number of anilines is 1. The highest BCUT2D eigenvalue weighted by Crippen LogP contribution is 2.16. The molecule has 2 rings (SSSR count). The van der Waals surface area contributed by atoms with Crippen LogP contribution in [0.3, 0.4) is 0 Å². The highest BCUT2D eigenvalue weighted by molar-refractivity contribution is 6.02. The molecule has 0 bridgehead atoms. The molecule has 0 spiro atoms. The number of rotatable bonds is 3. The second-order valence-electron chi connectivity index (χ2n) is 4.43. The molecule has 1 aromatic carbocycles. The first-order valence-corrected chi connectivity index (χ1v) is 6.11. The number of aryl methyl sites for hydroxylation is 2. The van der Waals surface area contributed by atoms with Crippen molar-refractivity contribution in [1.29, 1.82) is 0 Å². The molecule has 19 heavy (non-hydrogen) atoms. The van der Waals surface area contributed by atoms with Crippen LogP contribution in [0.4, 0.5) is 5.69 Å². The van der Waals surface area contributed by atoms with Crippen molar-refractivity contribution in [2.24, 2.45) is 0 Å². The molecule has 0 saturated heterocycles. The summed E-state index contributed by atoms with van der Waals surface area (Å²) < 4.78 is 0. The zero-order valence-electron chi connectivity index (χ0n) is 11.1. The van der Waals surface area contributed by atoms with Crippen LogP contribution in [0.15, 0.2) is 48.8 Å². The maximum Gasteiger partial charge on any atom is 0.248 e. The van der Waals surface area contributed by atoms with Crippen LogP contribution >= 0.6 is 0 Å². The lowest BCUT2D eigenvalue weighted by atomic mass is 10.1. The fourth-order valence-electron chi connectivity index (χ4n) is 1.69. The van der Waals surface area contributed by atoms with Crippen LogP contribution in [0, 0.1) is 13.8 Å². The summed E-state index contributed by atoms with van der Waals surface area (Å²) in [5.41, 5.74) is 3.92. The van der Waals surface area contributed by atoms with Gasteiger partial charge in [0.15, 0.2) is 0 Å². The van der Waals surface area contributed by atoms with E-state index in [0.717, 1.165) is 22.4 Å². The molecule has 96 valence electrons. The van der Waals surface area contributed by atoms with Gasteiger partial charge >= 0.3 is 0 Å². The molecule has 3 nitrogen and oxygen atoms in total. The van der Waals surface area contributed by atoms with Gasteiger partial charge in [0, 0.05) is 24.2 Å². The van der Waals surface area contributed by atoms with Gasteiger partial charge in [-0.15, -0.1) is 0 Å². The molecular weight excluding hydrogens is 236 g/mol. The van der Waals surface area contributed by atoms with Crippen molar-refractivity contribution in [3.8, 4) is 0 Å². The standard InChI is InChI=1S/C16H16N2O/c1-12-5-6-13(2)15(10-12)18-16(19)8-7-14-4-3-9-17-11-14/h3-11H,1-2H3,(H,18,19)/b8-7+. The Bertz CT molecular complexity index is 603. The van der Waals surface area contributed by atoms with Crippen LogP contribution < -0.4 is 5.32 Å². The number of hydrogen-bond donors (Lipinski definition) is 1. The summed E-state index contributed by atoms with van der Waals surface area (Å²) in [5.74, 6) is -0.141. The number of pyridine rings is 1. The van der Waals surface area contributed by atoms with Crippen LogP contribution in [-0.2, 0) is 4.79 Å². The maximum absolute atomic E-state index is 11.8. The minimum absolute atomic E-state index is 0.141. The second kappa shape index (κ2) is 5.96. The third-order valence-electron chi connectivity index (χ3n) is 2.76. The van der Waals surface area contributed by atoms with Gasteiger partial charge in [-0.1, -0.05) is 18.2 Å². The molecule has 0 aliphatic heterocycles. The third-order valence-corrected chi connectivity index (χ3v) is 2.76. The lowest BCUT2D eigenvalue weighted by molar-refractivity contribution is -0.111. The minimum atomic E-state index is -0.141. The van der Waals surface area contributed by atoms with Gasteiger partial charge in [0.1, 0.15) is 0 Å². The van der Waals surface area contributed by atoms with E-state index in [1.807, 2.05) is 44.2 Å². The fraction of sp³-hybridized carbons (Fsp3) is 0.125. The van der Waals surface area contributed by atoms with Crippen LogP contribution in [0.25, 0.3) is 6.08 Å². The maximum atomic E-state index is 11.8. The molecule has 3 heteroatoms. The minimum Gasteiger partial charge on any atom is -0.322 e. The molecule has 1 aromatic heterocycles. The smallest absolute Gasteiger partial charge is 0.248 e. The van der Waals surface area contributed by atoms with Crippen LogP contribution in [0.1, 0.15) is 16.7 Å². The van der Waals surface area contributed by atoms with Crippen molar-refractivity contribution in [3.05, 3.63) is 65.5 Å². The van der Waals surface area contributed by atoms with E-state index in [9.17, 15) is 4.79 Å². The van der Waals surface area contributed by atoms with Crippen molar-refractivity contribution in [3.63, 3.8) is 0 Å². The van der Waals surface area contributed by atoms with Gasteiger partial charge in [0.2, 0.25) is 5.91 Å². The third kappa shape index (κ3) is 3.78. The average Bonchev–Trinajstić information content (AvgIpc) is 2.42. The van der Waals surface area contributed by atoms with Gasteiger partial charge in [0.05, 0.1) is 0 Å². The number of benzene rings is 1. The zero-order chi connectivity index (χ0) is 13.7. The van der Waals surface area contributed by atoms with Crippen molar-refractivity contribution in [2.75, 3.05) is 5.32 Å². The molecular formula is C16H16N2O. The number of aromatic nitrogens is 1. The Morgan fingerprint density at radius 3 is 2.84 bits per heavy atom. The number of nitrogens with zero attached hydrogens (tertiary/aromatic N) is 1. The lowest BCUT2D eigenvalue weighted by Gasteiger charge is -2.07. The van der Waals surface area contributed by atoms with Gasteiger partial charge < -0.3 is 5.32 Å². The molecule has 0 atom stereocenters.